The number of carbonyl (C=O) groups excluding carboxylic acids is 2. The van der Waals surface area contributed by atoms with Gasteiger partial charge in [-0.2, -0.15) is 5.10 Å². The lowest BCUT2D eigenvalue weighted by Gasteiger charge is -2.14. The quantitative estimate of drug-likeness (QED) is 0.467. The summed E-state index contributed by atoms with van der Waals surface area (Å²) in [5, 5.41) is 18.0. The summed E-state index contributed by atoms with van der Waals surface area (Å²) in [6.45, 7) is 4.05. The van der Waals surface area contributed by atoms with Crippen LogP contribution in [0.2, 0.25) is 5.02 Å². The van der Waals surface area contributed by atoms with Crippen molar-refractivity contribution in [1.82, 2.24) is 9.78 Å². The molecule has 0 saturated heterocycles. The van der Waals surface area contributed by atoms with Gasteiger partial charge in [-0.05, 0) is 39.0 Å². The number of hydrogen-bond donors (Lipinski definition) is 1. The van der Waals surface area contributed by atoms with Gasteiger partial charge in [0.1, 0.15) is 17.9 Å². The Morgan fingerprint density at radius 2 is 2.12 bits per heavy atom. The first kappa shape index (κ1) is 19.4. The van der Waals surface area contributed by atoms with E-state index in [-0.39, 0.29) is 23.6 Å². The van der Waals surface area contributed by atoms with Gasteiger partial charge in [0.25, 0.3) is 5.91 Å². The summed E-state index contributed by atoms with van der Waals surface area (Å²) < 4.78 is 6.25. The number of rotatable bonds is 6. The second-order valence-electron chi connectivity index (χ2n) is 5.57. The van der Waals surface area contributed by atoms with Crippen LogP contribution in [-0.2, 0) is 20.9 Å². The molecule has 0 unspecified atom stereocenters. The number of aryl methyl sites for hydroxylation is 1. The van der Waals surface area contributed by atoms with E-state index in [2.05, 4.69) is 10.4 Å². The Balaban J connectivity index is 1.98. The van der Waals surface area contributed by atoms with Crippen LogP contribution in [0.15, 0.2) is 24.3 Å². The van der Waals surface area contributed by atoms with E-state index in [9.17, 15) is 19.7 Å². The largest absolute Gasteiger partial charge is 0.451 e. The maximum absolute atomic E-state index is 12.1. The predicted octanol–water partition coefficient (Wildman–Crippen LogP) is 2.63. The van der Waals surface area contributed by atoms with Crippen molar-refractivity contribution in [3.8, 4) is 0 Å². The van der Waals surface area contributed by atoms with E-state index < -0.39 is 22.9 Å². The summed E-state index contributed by atoms with van der Waals surface area (Å²) in [6, 6.07) is 6.54. The van der Waals surface area contributed by atoms with Crippen molar-refractivity contribution in [3.05, 3.63) is 50.8 Å². The fourth-order valence-electron chi connectivity index (χ4n) is 2.33. The number of amides is 1. The van der Waals surface area contributed by atoms with Crippen LogP contribution >= 0.6 is 11.6 Å². The molecule has 0 aliphatic carbocycles. The normalized spacial score (nSPS) is 11.7. The van der Waals surface area contributed by atoms with Gasteiger partial charge in [-0.3, -0.25) is 24.4 Å². The molecule has 0 aliphatic rings. The van der Waals surface area contributed by atoms with Gasteiger partial charge >= 0.3 is 11.7 Å². The maximum atomic E-state index is 12.1. The number of ether oxygens (including phenoxy) is 1. The van der Waals surface area contributed by atoms with Crippen molar-refractivity contribution in [2.75, 3.05) is 5.32 Å². The molecular weight excluding hydrogens is 364 g/mol. The molecule has 0 radical (unpaired) electrons. The van der Waals surface area contributed by atoms with Crippen molar-refractivity contribution < 1.29 is 19.2 Å². The van der Waals surface area contributed by atoms with E-state index in [1.807, 2.05) is 0 Å². The molecule has 0 bridgehead atoms. The first-order valence-electron chi connectivity index (χ1n) is 7.63. The number of halogens is 1. The molecule has 138 valence electrons. The number of nitrogens with zero attached hydrogens (tertiary/aromatic N) is 3. The molecule has 0 spiro atoms. The molecule has 1 aromatic heterocycles. The molecule has 1 amide bonds. The Labute approximate surface area is 154 Å². The van der Waals surface area contributed by atoms with E-state index in [1.165, 1.54) is 25.5 Å². The summed E-state index contributed by atoms with van der Waals surface area (Å²) in [7, 11) is 0. The van der Waals surface area contributed by atoms with Crippen LogP contribution in [-0.4, -0.2) is 32.7 Å². The van der Waals surface area contributed by atoms with Crippen molar-refractivity contribution >= 4 is 34.9 Å². The minimum Gasteiger partial charge on any atom is -0.451 e. The summed E-state index contributed by atoms with van der Waals surface area (Å²) in [6.07, 6.45) is -1.06. The van der Waals surface area contributed by atoms with Crippen LogP contribution in [0.5, 0.6) is 0 Å². The number of aromatic nitrogens is 2. The molecule has 1 atom stereocenters. The van der Waals surface area contributed by atoms with E-state index >= 15 is 0 Å². The zero-order chi connectivity index (χ0) is 19.4. The molecule has 1 aromatic carbocycles. The van der Waals surface area contributed by atoms with Crippen molar-refractivity contribution in [2.24, 2.45) is 0 Å². The Kier molecular flexibility index (Phi) is 5.93. The minimum absolute atomic E-state index is 0.149. The fourth-order valence-corrected chi connectivity index (χ4v) is 2.52. The van der Waals surface area contributed by atoms with Crippen LogP contribution in [0.4, 0.5) is 11.4 Å². The van der Waals surface area contributed by atoms with Crippen LogP contribution in [0, 0.1) is 24.0 Å². The topological polar surface area (TPSA) is 116 Å². The van der Waals surface area contributed by atoms with E-state index in [1.54, 1.807) is 24.3 Å². The third-order valence-corrected chi connectivity index (χ3v) is 3.81. The molecule has 0 fully saturated rings. The molecule has 10 heteroatoms. The first-order valence-corrected chi connectivity index (χ1v) is 8.01. The lowest BCUT2D eigenvalue weighted by molar-refractivity contribution is -0.386. The smallest absolute Gasteiger partial charge is 0.328 e. The Hall–Kier alpha value is -2.94. The lowest BCUT2D eigenvalue weighted by atomic mass is 10.3. The summed E-state index contributed by atoms with van der Waals surface area (Å²) >= 11 is 5.84. The van der Waals surface area contributed by atoms with E-state index in [4.69, 9.17) is 16.3 Å². The van der Waals surface area contributed by atoms with Crippen LogP contribution < -0.4 is 5.32 Å². The van der Waals surface area contributed by atoms with Gasteiger partial charge in [-0.15, -0.1) is 0 Å². The SMILES string of the molecule is Cc1nn(CC(=O)O[C@@H](C)C(=O)Nc2cccc(Cl)c2)c(C)c1[N+](=O)[O-]. The molecule has 2 aromatic rings. The standard InChI is InChI=1S/C16H17ClN4O5/c1-9-15(21(24)25)10(2)20(19-9)8-14(22)26-11(3)16(23)18-13-6-4-5-12(17)7-13/h4-7,11H,8H2,1-3H3,(H,18,23)/t11-/m0/s1. The number of nitro groups is 1. The van der Waals surface area contributed by atoms with Crippen molar-refractivity contribution in [1.29, 1.82) is 0 Å². The van der Waals surface area contributed by atoms with Crippen LogP contribution in [0.3, 0.4) is 0 Å². The third kappa shape index (κ3) is 4.57. The average Bonchev–Trinajstić information content (AvgIpc) is 2.80. The molecule has 0 aliphatic heterocycles. The Morgan fingerprint density at radius 3 is 2.69 bits per heavy atom. The van der Waals surface area contributed by atoms with Crippen molar-refractivity contribution in [3.63, 3.8) is 0 Å². The minimum atomic E-state index is -1.06. The highest BCUT2D eigenvalue weighted by Gasteiger charge is 2.24. The zero-order valence-electron chi connectivity index (χ0n) is 14.4. The number of nitrogens with one attached hydrogen (secondary N) is 1. The highest BCUT2D eigenvalue weighted by Crippen LogP contribution is 2.21. The monoisotopic (exact) mass is 380 g/mol. The fraction of sp³-hybridized carbons (Fsp3) is 0.312. The van der Waals surface area contributed by atoms with Gasteiger partial charge < -0.3 is 10.1 Å². The molecule has 26 heavy (non-hydrogen) atoms. The molecule has 1 heterocycles. The highest BCUT2D eigenvalue weighted by atomic mass is 35.5. The van der Waals surface area contributed by atoms with Gasteiger partial charge in [0, 0.05) is 10.7 Å². The van der Waals surface area contributed by atoms with Crippen molar-refractivity contribution in [2.45, 2.75) is 33.4 Å². The van der Waals surface area contributed by atoms with Gasteiger partial charge in [-0.1, -0.05) is 17.7 Å². The van der Waals surface area contributed by atoms with Gasteiger partial charge in [0.2, 0.25) is 0 Å². The number of carbonyl (C=O) groups is 2. The zero-order valence-corrected chi connectivity index (χ0v) is 15.1. The summed E-state index contributed by atoms with van der Waals surface area (Å²) in [5.74, 6) is -1.26. The maximum Gasteiger partial charge on any atom is 0.328 e. The molecule has 9 nitrogen and oxygen atoms in total. The Morgan fingerprint density at radius 1 is 1.42 bits per heavy atom. The number of esters is 1. The van der Waals surface area contributed by atoms with Gasteiger partial charge in [0.15, 0.2) is 6.10 Å². The highest BCUT2D eigenvalue weighted by molar-refractivity contribution is 6.30. The number of anilines is 1. The van der Waals surface area contributed by atoms with E-state index in [0.29, 0.717) is 10.7 Å². The van der Waals surface area contributed by atoms with Crippen LogP contribution in [0.1, 0.15) is 18.3 Å². The lowest BCUT2D eigenvalue weighted by Crippen LogP contribution is -2.31. The van der Waals surface area contributed by atoms with E-state index in [0.717, 1.165) is 0 Å². The Bertz CT molecular complexity index is 864. The van der Waals surface area contributed by atoms with Gasteiger partial charge in [0.05, 0.1) is 4.92 Å². The second kappa shape index (κ2) is 7.96. The second-order valence-corrected chi connectivity index (χ2v) is 6.00. The summed E-state index contributed by atoms with van der Waals surface area (Å²) in [4.78, 5) is 34.5. The molecular formula is C16H17ClN4O5. The molecule has 2 rings (SSSR count). The van der Waals surface area contributed by atoms with Crippen LogP contribution in [0.25, 0.3) is 0 Å². The predicted molar refractivity (Wildman–Crippen MR) is 94.0 cm³/mol. The third-order valence-electron chi connectivity index (χ3n) is 3.57. The molecule has 1 N–H and O–H groups in total. The average molecular weight is 381 g/mol. The number of benzene rings is 1. The molecule has 0 saturated carbocycles. The number of hydrogen-bond acceptors (Lipinski definition) is 6. The van der Waals surface area contributed by atoms with Gasteiger partial charge in [-0.25, -0.2) is 0 Å². The first-order chi connectivity index (χ1) is 12.2. The summed E-state index contributed by atoms with van der Waals surface area (Å²) in [5.41, 5.74) is 0.761.